The number of phenolic OH excluding ortho intramolecular Hbond substituents is 1. The normalized spacial score (nSPS) is 15.5. The van der Waals surface area contributed by atoms with Gasteiger partial charge in [0.05, 0.1) is 45.2 Å². The lowest BCUT2D eigenvalue weighted by Crippen LogP contribution is -2.42. The number of benzene rings is 3. The predicted octanol–water partition coefficient (Wildman–Crippen LogP) is 3.62. The quantitative estimate of drug-likeness (QED) is 0.441. The van der Waals surface area contributed by atoms with E-state index in [1.807, 2.05) is 24.3 Å². The first-order valence-electron chi connectivity index (χ1n) is 10.5. The first-order chi connectivity index (χ1) is 16.0. The van der Waals surface area contributed by atoms with Gasteiger partial charge in [-0.05, 0) is 23.1 Å². The molecule has 0 radical (unpaired) electrons. The first-order valence-corrected chi connectivity index (χ1v) is 10.5. The third-order valence-corrected chi connectivity index (χ3v) is 6.13. The van der Waals surface area contributed by atoms with Crippen LogP contribution in [0.1, 0.15) is 16.1 Å². The van der Waals surface area contributed by atoms with Gasteiger partial charge in [0.15, 0.2) is 11.5 Å². The number of phenols is 1. The number of methoxy groups -OCH3 is 3. The number of anilines is 1. The lowest BCUT2D eigenvalue weighted by molar-refractivity contribution is 0.0951. The summed E-state index contributed by atoms with van der Waals surface area (Å²) >= 11 is 0. The molecule has 0 saturated heterocycles. The third-order valence-electron chi connectivity index (χ3n) is 6.13. The predicted molar refractivity (Wildman–Crippen MR) is 125 cm³/mol. The number of aliphatic hydroxyl groups excluding tert-OH is 1. The first kappa shape index (κ1) is 21.0. The van der Waals surface area contributed by atoms with Crippen molar-refractivity contribution in [3.8, 4) is 23.0 Å². The largest absolute Gasteiger partial charge is 0.507 e. The number of ether oxygens (including phenoxy) is 3. The summed E-state index contributed by atoms with van der Waals surface area (Å²) in [6.45, 7) is 0.114. The number of β-amino-alcohol motifs (C(OH)–C–C–N with tert-alkyl or cyclic N) is 1. The fraction of sp³-hybridized carbons (Fsp3) is 0.240. The van der Waals surface area contributed by atoms with Gasteiger partial charge in [-0.1, -0.05) is 24.3 Å². The molecule has 0 bridgehead atoms. The number of hydrogen-bond acceptors (Lipinski definition) is 6. The highest BCUT2D eigenvalue weighted by molar-refractivity contribution is 6.11. The highest BCUT2D eigenvalue weighted by Crippen LogP contribution is 2.44. The van der Waals surface area contributed by atoms with Crippen LogP contribution in [0.25, 0.3) is 21.7 Å². The summed E-state index contributed by atoms with van der Waals surface area (Å²) in [5, 5.41) is 23.4. The average Bonchev–Trinajstić information content (AvgIpc) is 3.26. The lowest BCUT2D eigenvalue weighted by Gasteiger charge is -2.33. The van der Waals surface area contributed by atoms with Crippen LogP contribution >= 0.6 is 0 Å². The zero-order valence-electron chi connectivity index (χ0n) is 18.5. The second kappa shape index (κ2) is 7.90. The average molecular weight is 448 g/mol. The number of fused-ring (bicyclic) bond motifs is 4. The molecule has 1 amide bonds. The molecule has 1 aromatic heterocycles. The molecule has 3 aromatic carbocycles. The van der Waals surface area contributed by atoms with Gasteiger partial charge in [0, 0.05) is 23.3 Å². The lowest BCUT2D eigenvalue weighted by atomic mass is 9.93. The highest BCUT2D eigenvalue weighted by atomic mass is 16.5. The molecule has 0 saturated carbocycles. The number of H-pyrrole nitrogens is 1. The fourth-order valence-electron chi connectivity index (χ4n) is 4.66. The zero-order valence-corrected chi connectivity index (χ0v) is 18.5. The molecular weight excluding hydrogens is 424 g/mol. The van der Waals surface area contributed by atoms with Gasteiger partial charge in [0.25, 0.3) is 5.91 Å². The molecule has 0 fully saturated rings. The van der Waals surface area contributed by atoms with Crippen molar-refractivity contribution in [1.29, 1.82) is 0 Å². The Morgan fingerprint density at radius 1 is 1.03 bits per heavy atom. The summed E-state index contributed by atoms with van der Waals surface area (Å²) in [6.07, 6.45) is -0.331. The number of aliphatic hydroxyl groups is 1. The summed E-state index contributed by atoms with van der Waals surface area (Å²) in [7, 11) is 4.57. The summed E-state index contributed by atoms with van der Waals surface area (Å²) in [5.41, 5.74) is 2.32. The Morgan fingerprint density at radius 2 is 1.76 bits per heavy atom. The molecule has 8 heteroatoms. The van der Waals surface area contributed by atoms with Crippen LogP contribution in [0, 0.1) is 0 Å². The minimum Gasteiger partial charge on any atom is -0.507 e. The molecule has 1 atom stereocenters. The molecule has 1 aliphatic rings. The Bertz CT molecular complexity index is 1390. The van der Waals surface area contributed by atoms with E-state index in [1.165, 1.54) is 26.2 Å². The van der Waals surface area contributed by atoms with Crippen molar-refractivity contribution in [2.24, 2.45) is 0 Å². The smallest absolute Gasteiger partial charge is 0.274 e. The molecule has 1 aliphatic heterocycles. The van der Waals surface area contributed by atoms with E-state index in [0.717, 1.165) is 10.9 Å². The van der Waals surface area contributed by atoms with Gasteiger partial charge in [-0.2, -0.15) is 0 Å². The molecule has 8 nitrogen and oxygen atoms in total. The van der Waals surface area contributed by atoms with E-state index in [-0.39, 0.29) is 18.2 Å². The van der Waals surface area contributed by atoms with Crippen molar-refractivity contribution in [2.45, 2.75) is 12.5 Å². The van der Waals surface area contributed by atoms with Crippen LogP contribution in [0.3, 0.4) is 0 Å². The maximum Gasteiger partial charge on any atom is 0.274 e. The van der Waals surface area contributed by atoms with Crippen molar-refractivity contribution in [3.05, 3.63) is 53.7 Å². The number of hydrogen-bond donors (Lipinski definition) is 3. The molecule has 2 heterocycles. The number of carbonyl (C=O) groups is 1. The van der Waals surface area contributed by atoms with Gasteiger partial charge in [-0.3, -0.25) is 4.79 Å². The van der Waals surface area contributed by atoms with Gasteiger partial charge in [-0.15, -0.1) is 0 Å². The summed E-state index contributed by atoms with van der Waals surface area (Å²) in [5.74, 6) is 1.08. The maximum atomic E-state index is 13.6. The second-order valence-corrected chi connectivity index (χ2v) is 8.01. The number of aromatic hydroxyl groups is 1. The third kappa shape index (κ3) is 3.22. The van der Waals surface area contributed by atoms with E-state index in [4.69, 9.17) is 14.2 Å². The SMILES string of the molecule is COc1cc2cc(C(=O)N3CC(O)Cc4c3cc(O)c3ccccc43)[nH]c2c(OC)c1OC. The molecule has 33 heavy (non-hydrogen) atoms. The van der Waals surface area contributed by atoms with Gasteiger partial charge < -0.3 is 34.3 Å². The van der Waals surface area contributed by atoms with Crippen LogP contribution in [0.4, 0.5) is 5.69 Å². The summed E-state index contributed by atoms with van der Waals surface area (Å²) in [6, 6.07) is 12.5. The number of rotatable bonds is 4. The van der Waals surface area contributed by atoms with Gasteiger partial charge in [0.2, 0.25) is 5.75 Å². The van der Waals surface area contributed by atoms with E-state index in [0.29, 0.717) is 51.3 Å². The number of carbonyl (C=O) groups excluding carboxylic acids is 1. The number of nitrogens with zero attached hydrogens (tertiary/aromatic N) is 1. The molecule has 170 valence electrons. The number of nitrogens with one attached hydrogen (secondary N) is 1. The Hall–Kier alpha value is -3.91. The molecule has 0 aliphatic carbocycles. The highest BCUT2D eigenvalue weighted by Gasteiger charge is 2.31. The number of aromatic nitrogens is 1. The monoisotopic (exact) mass is 448 g/mol. The minimum absolute atomic E-state index is 0.0892. The fourth-order valence-corrected chi connectivity index (χ4v) is 4.66. The molecule has 5 rings (SSSR count). The molecule has 3 N–H and O–H groups in total. The van der Waals surface area contributed by atoms with E-state index in [2.05, 4.69) is 4.98 Å². The van der Waals surface area contributed by atoms with Crippen LogP contribution < -0.4 is 19.1 Å². The molecule has 1 unspecified atom stereocenters. The zero-order chi connectivity index (χ0) is 23.3. The van der Waals surface area contributed by atoms with E-state index >= 15 is 0 Å². The van der Waals surface area contributed by atoms with Crippen LogP contribution in [0.2, 0.25) is 0 Å². The van der Waals surface area contributed by atoms with Crippen LogP contribution in [-0.2, 0) is 6.42 Å². The Balaban J connectivity index is 1.65. The van der Waals surface area contributed by atoms with E-state index in [1.54, 1.807) is 18.2 Å². The van der Waals surface area contributed by atoms with Crippen LogP contribution in [0.5, 0.6) is 23.0 Å². The van der Waals surface area contributed by atoms with E-state index in [9.17, 15) is 15.0 Å². The summed E-state index contributed by atoms with van der Waals surface area (Å²) < 4.78 is 16.4. The van der Waals surface area contributed by atoms with Crippen molar-refractivity contribution in [3.63, 3.8) is 0 Å². The second-order valence-electron chi connectivity index (χ2n) is 8.01. The maximum absolute atomic E-state index is 13.6. The Morgan fingerprint density at radius 3 is 2.45 bits per heavy atom. The van der Waals surface area contributed by atoms with Crippen LogP contribution in [0.15, 0.2) is 42.5 Å². The standard InChI is InChI=1S/C25H24N2O6/c1-31-21-9-13-8-18(26-22(13)24(33-3)23(21)32-2)25(30)27-12-14(28)10-17-15-6-4-5-7-16(15)20(29)11-19(17)27/h4-9,11,14,26,28-29H,10,12H2,1-3H3. The Labute approximate surface area is 189 Å². The van der Waals surface area contributed by atoms with Crippen molar-refractivity contribution >= 4 is 33.3 Å². The minimum atomic E-state index is -0.728. The van der Waals surface area contributed by atoms with Crippen LogP contribution in [-0.4, -0.2) is 55.1 Å². The summed E-state index contributed by atoms with van der Waals surface area (Å²) in [4.78, 5) is 18.3. The Kier molecular flexibility index (Phi) is 5.02. The number of aromatic amines is 1. The van der Waals surface area contributed by atoms with Gasteiger partial charge in [0.1, 0.15) is 11.4 Å². The van der Waals surface area contributed by atoms with E-state index < -0.39 is 6.10 Å². The van der Waals surface area contributed by atoms with Crippen molar-refractivity contribution in [1.82, 2.24) is 4.98 Å². The van der Waals surface area contributed by atoms with Gasteiger partial charge >= 0.3 is 0 Å². The molecule has 0 spiro atoms. The number of amides is 1. The van der Waals surface area contributed by atoms with Gasteiger partial charge in [-0.25, -0.2) is 0 Å². The molecular formula is C25H24N2O6. The van der Waals surface area contributed by atoms with Crippen molar-refractivity contribution in [2.75, 3.05) is 32.8 Å². The van der Waals surface area contributed by atoms with Crippen molar-refractivity contribution < 1.29 is 29.2 Å². The topological polar surface area (TPSA) is 104 Å². The molecule has 4 aromatic rings.